The Morgan fingerprint density at radius 1 is 1.58 bits per heavy atom. The summed E-state index contributed by atoms with van der Waals surface area (Å²) in [5.74, 6) is 0. The summed E-state index contributed by atoms with van der Waals surface area (Å²) in [6.45, 7) is 6.50. The molecule has 0 fully saturated rings. The summed E-state index contributed by atoms with van der Waals surface area (Å²) in [5, 5.41) is 0.0611. The molecule has 0 radical (unpaired) electrons. The third-order valence-electron chi connectivity index (χ3n) is 2.70. The second-order valence-corrected chi connectivity index (χ2v) is 6.83. The van der Waals surface area contributed by atoms with Crippen molar-refractivity contribution in [2.75, 3.05) is 6.54 Å². The van der Waals surface area contributed by atoms with Crippen molar-refractivity contribution in [3.8, 4) is 0 Å². The van der Waals surface area contributed by atoms with Gasteiger partial charge in [0.05, 0.1) is 11.3 Å². The molecule has 0 unspecified atom stereocenters. The van der Waals surface area contributed by atoms with E-state index >= 15 is 0 Å². The number of aromatic nitrogens is 2. The maximum atomic E-state index is 12.5. The van der Waals surface area contributed by atoms with Crippen molar-refractivity contribution >= 4 is 27.2 Å². The first-order chi connectivity index (χ1) is 8.78. The molecule has 0 aliphatic rings. The predicted molar refractivity (Wildman–Crippen MR) is 78.3 cm³/mol. The van der Waals surface area contributed by atoms with Gasteiger partial charge in [-0.15, -0.1) is 0 Å². The molecule has 0 aromatic carbocycles. The first kappa shape index (κ1) is 16.1. The van der Waals surface area contributed by atoms with Crippen LogP contribution in [-0.2, 0) is 16.6 Å². The molecular formula is C11H20N4O2S2. The number of hydrogen-bond donors (Lipinski definition) is 1. The molecule has 19 heavy (non-hydrogen) atoms. The van der Waals surface area contributed by atoms with Gasteiger partial charge in [0.25, 0.3) is 10.0 Å². The quantitative estimate of drug-likeness (QED) is 0.759. The maximum Gasteiger partial charge on any atom is 0.262 e. The number of nitrogens with zero attached hydrogens (tertiary/aromatic N) is 3. The molecule has 0 atom stereocenters. The summed E-state index contributed by atoms with van der Waals surface area (Å²) in [6, 6.07) is -0.175. The first-order valence-electron chi connectivity index (χ1n) is 6.11. The van der Waals surface area contributed by atoms with Crippen LogP contribution >= 0.6 is 12.2 Å². The van der Waals surface area contributed by atoms with Crippen LogP contribution in [-0.4, -0.2) is 39.8 Å². The Bertz CT molecular complexity index is 537. The highest BCUT2D eigenvalue weighted by atomic mass is 32.2. The predicted octanol–water partition coefficient (Wildman–Crippen LogP) is 0.978. The Balaban J connectivity index is 3.02. The van der Waals surface area contributed by atoms with Crippen molar-refractivity contribution in [1.29, 1.82) is 0 Å². The molecule has 2 N–H and O–H groups in total. The van der Waals surface area contributed by atoms with Gasteiger partial charge >= 0.3 is 0 Å². The topological polar surface area (TPSA) is 81.2 Å². The highest BCUT2D eigenvalue weighted by Gasteiger charge is 2.28. The second kappa shape index (κ2) is 6.44. The average Bonchev–Trinajstić information content (AvgIpc) is 2.76. The number of hydrogen-bond acceptors (Lipinski definition) is 4. The molecule has 1 aromatic rings. The van der Waals surface area contributed by atoms with Crippen LogP contribution in [0.3, 0.4) is 0 Å². The van der Waals surface area contributed by atoms with Gasteiger partial charge in [0.1, 0.15) is 0 Å². The van der Waals surface area contributed by atoms with Crippen molar-refractivity contribution in [3.63, 3.8) is 0 Å². The first-order valence-corrected chi connectivity index (χ1v) is 7.95. The SMILES string of the molecule is CCn1cnc(S(=O)(=O)N(CCC(N)=S)C(C)C)c1. The van der Waals surface area contributed by atoms with Crippen molar-refractivity contribution in [2.24, 2.45) is 5.73 Å². The normalized spacial score (nSPS) is 12.3. The molecule has 108 valence electrons. The van der Waals surface area contributed by atoms with Gasteiger partial charge in [-0.1, -0.05) is 12.2 Å². The minimum atomic E-state index is -3.60. The third-order valence-corrected chi connectivity index (χ3v) is 4.87. The summed E-state index contributed by atoms with van der Waals surface area (Å²) in [6.07, 6.45) is 3.41. The van der Waals surface area contributed by atoms with Crippen LogP contribution in [0.15, 0.2) is 17.6 Å². The molecule has 0 bridgehead atoms. The Kier molecular flexibility index (Phi) is 5.45. The van der Waals surface area contributed by atoms with Crippen molar-refractivity contribution in [2.45, 2.75) is 44.8 Å². The lowest BCUT2D eigenvalue weighted by molar-refractivity contribution is 0.361. The van der Waals surface area contributed by atoms with Gasteiger partial charge < -0.3 is 10.3 Å². The van der Waals surface area contributed by atoms with Gasteiger partial charge in [0, 0.05) is 31.7 Å². The van der Waals surface area contributed by atoms with Crippen molar-refractivity contribution in [1.82, 2.24) is 13.9 Å². The largest absolute Gasteiger partial charge is 0.393 e. The second-order valence-electron chi connectivity index (χ2n) is 4.47. The molecule has 0 aliphatic carbocycles. The van der Waals surface area contributed by atoms with Crippen LogP contribution < -0.4 is 5.73 Å². The van der Waals surface area contributed by atoms with Gasteiger partial charge in [-0.25, -0.2) is 13.4 Å². The monoisotopic (exact) mass is 304 g/mol. The Hall–Kier alpha value is -0.990. The van der Waals surface area contributed by atoms with Gasteiger partial charge in [-0.2, -0.15) is 4.31 Å². The van der Waals surface area contributed by atoms with E-state index in [2.05, 4.69) is 4.98 Å². The molecule has 0 amide bonds. The zero-order valence-corrected chi connectivity index (χ0v) is 13.0. The number of aryl methyl sites for hydroxylation is 1. The summed E-state index contributed by atoms with van der Waals surface area (Å²) in [5.41, 5.74) is 5.44. The zero-order valence-electron chi connectivity index (χ0n) is 11.4. The van der Waals surface area contributed by atoms with Crippen LogP contribution in [0.2, 0.25) is 0 Å². The Morgan fingerprint density at radius 3 is 2.63 bits per heavy atom. The number of thiocarbonyl (C=S) groups is 1. The molecular weight excluding hydrogens is 284 g/mol. The number of imidazole rings is 1. The standard InChI is InChI=1S/C11H20N4O2S2/c1-4-14-7-11(13-8-14)19(16,17)15(9(2)3)6-5-10(12)18/h7-9H,4-6H2,1-3H3,(H2,12,18). The molecule has 0 saturated heterocycles. The van der Waals surface area contributed by atoms with Crippen LogP contribution in [0.25, 0.3) is 0 Å². The van der Waals surface area contributed by atoms with Gasteiger partial charge in [0.15, 0.2) is 5.03 Å². The summed E-state index contributed by atoms with van der Waals surface area (Å²) < 4.78 is 28.1. The molecule has 0 saturated carbocycles. The van der Waals surface area contributed by atoms with E-state index in [0.717, 1.165) is 0 Å². The smallest absolute Gasteiger partial charge is 0.262 e. The Morgan fingerprint density at radius 2 is 2.21 bits per heavy atom. The average molecular weight is 304 g/mol. The van der Waals surface area contributed by atoms with E-state index in [1.807, 2.05) is 20.8 Å². The number of sulfonamides is 1. The highest BCUT2D eigenvalue weighted by Crippen LogP contribution is 2.16. The summed E-state index contributed by atoms with van der Waals surface area (Å²) in [7, 11) is -3.60. The fraction of sp³-hybridized carbons (Fsp3) is 0.636. The van der Waals surface area contributed by atoms with E-state index in [-0.39, 0.29) is 17.6 Å². The lowest BCUT2D eigenvalue weighted by atomic mass is 10.3. The van der Waals surface area contributed by atoms with Crippen molar-refractivity contribution in [3.05, 3.63) is 12.5 Å². The minimum Gasteiger partial charge on any atom is -0.393 e. The summed E-state index contributed by atoms with van der Waals surface area (Å²) in [4.78, 5) is 4.26. The van der Waals surface area contributed by atoms with E-state index in [1.165, 1.54) is 16.8 Å². The number of rotatable bonds is 7. The van der Waals surface area contributed by atoms with Crippen molar-refractivity contribution < 1.29 is 8.42 Å². The lowest BCUT2D eigenvalue weighted by Crippen LogP contribution is -2.39. The fourth-order valence-corrected chi connectivity index (χ4v) is 3.31. The third kappa shape index (κ3) is 3.99. The van der Waals surface area contributed by atoms with E-state index in [1.54, 1.807) is 4.57 Å². The van der Waals surface area contributed by atoms with Gasteiger partial charge in [-0.3, -0.25) is 0 Å². The number of nitrogens with two attached hydrogens (primary N) is 1. The van der Waals surface area contributed by atoms with E-state index in [0.29, 0.717) is 18.0 Å². The van der Waals surface area contributed by atoms with E-state index in [9.17, 15) is 8.42 Å². The molecule has 0 aliphatic heterocycles. The van der Waals surface area contributed by atoms with Crippen LogP contribution in [0.1, 0.15) is 27.2 Å². The molecule has 0 spiro atoms. The molecule has 1 heterocycles. The molecule has 1 aromatic heterocycles. The Labute approximate surface area is 119 Å². The molecule has 8 heteroatoms. The summed E-state index contributed by atoms with van der Waals surface area (Å²) >= 11 is 4.80. The highest BCUT2D eigenvalue weighted by molar-refractivity contribution is 7.89. The van der Waals surface area contributed by atoms with Crippen LogP contribution in [0.4, 0.5) is 0 Å². The van der Waals surface area contributed by atoms with Crippen LogP contribution in [0.5, 0.6) is 0 Å². The molecule has 6 nitrogen and oxygen atoms in total. The van der Waals surface area contributed by atoms with Gasteiger partial charge in [0.2, 0.25) is 0 Å². The van der Waals surface area contributed by atoms with E-state index < -0.39 is 10.0 Å². The lowest BCUT2D eigenvalue weighted by Gasteiger charge is -2.24. The zero-order chi connectivity index (χ0) is 14.6. The fourth-order valence-electron chi connectivity index (χ4n) is 1.64. The molecule has 1 rings (SSSR count). The minimum absolute atomic E-state index is 0.0611. The maximum absolute atomic E-state index is 12.5. The van der Waals surface area contributed by atoms with Crippen LogP contribution in [0, 0.1) is 0 Å². The van der Waals surface area contributed by atoms with Gasteiger partial charge in [-0.05, 0) is 20.8 Å². The van der Waals surface area contributed by atoms with E-state index in [4.69, 9.17) is 18.0 Å².